The number of ether oxygens (including phenoxy) is 1. The van der Waals surface area contributed by atoms with Crippen LogP contribution in [0.15, 0.2) is 29.8 Å². The number of esters is 1. The average molecular weight is 283 g/mol. The molecule has 0 aliphatic heterocycles. The van der Waals surface area contributed by atoms with E-state index in [9.17, 15) is 4.79 Å². The Balaban J connectivity index is 2.77. The molecule has 2 nitrogen and oxygen atoms in total. The lowest BCUT2D eigenvalue weighted by atomic mass is 10.1. The summed E-state index contributed by atoms with van der Waals surface area (Å²) in [6, 6.07) is 8.02. The second-order valence-corrected chi connectivity index (χ2v) is 3.98. The maximum Gasteiger partial charge on any atom is 0.333 e. The van der Waals surface area contributed by atoms with Crippen molar-refractivity contribution in [1.82, 2.24) is 0 Å². The minimum Gasteiger partial charge on any atom is -0.463 e. The van der Waals surface area contributed by atoms with Crippen molar-refractivity contribution in [1.29, 1.82) is 0 Å². The van der Waals surface area contributed by atoms with Gasteiger partial charge in [-0.2, -0.15) is 0 Å². The van der Waals surface area contributed by atoms with Crippen molar-refractivity contribution in [2.24, 2.45) is 0 Å². The molecule has 0 aromatic heterocycles. The van der Waals surface area contributed by atoms with Crippen molar-refractivity contribution < 1.29 is 9.53 Å². The fourth-order valence-corrected chi connectivity index (χ4v) is 1.63. The number of halogens is 1. The van der Waals surface area contributed by atoms with Crippen LogP contribution in [0.2, 0.25) is 0 Å². The molecule has 0 saturated heterocycles. The van der Waals surface area contributed by atoms with Crippen LogP contribution in [0, 0.1) is 0 Å². The van der Waals surface area contributed by atoms with E-state index < -0.39 is 0 Å². The number of alkyl halides is 1. The van der Waals surface area contributed by atoms with Crippen LogP contribution in [0.3, 0.4) is 0 Å². The van der Waals surface area contributed by atoms with E-state index in [4.69, 9.17) is 4.74 Å². The van der Waals surface area contributed by atoms with Gasteiger partial charge in [0.25, 0.3) is 0 Å². The number of carbonyl (C=O) groups is 1. The molecule has 0 bridgehead atoms. The summed E-state index contributed by atoms with van der Waals surface area (Å²) in [6.07, 6.45) is 1.83. The normalized spacial score (nSPS) is 11.3. The minimum atomic E-state index is -0.257. The van der Waals surface area contributed by atoms with Gasteiger partial charge < -0.3 is 4.74 Å². The van der Waals surface area contributed by atoms with Crippen LogP contribution in [0.25, 0.3) is 6.08 Å². The Bertz CT molecular complexity index is 379. The summed E-state index contributed by atoms with van der Waals surface area (Å²) in [5.41, 5.74) is 2.84. The predicted molar refractivity (Wildman–Crippen MR) is 69.4 cm³/mol. The van der Waals surface area contributed by atoms with E-state index in [0.29, 0.717) is 12.2 Å². The summed E-state index contributed by atoms with van der Waals surface area (Å²) >= 11 is 3.39. The van der Waals surface area contributed by atoms with Crippen molar-refractivity contribution in [3.05, 3.63) is 41.0 Å². The molecule has 0 fully saturated rings. The molecular weight excluding hydrogens is 268 g/mol. The van der Waals surface area contributed by atoms with Gasteiger partial charge in [-0.25, -0.2) is 4.79 Å². The summed E-state index contributed by atoms with van der Waals surface area (Å²) in [5.74, 6) is -0.257. The zero-order chi connectivity index (χ0) is 12.0. The molecule has 0 unspecified atom stereocenters. The highest BCUT2D eigenvalue weighted by atomic mass is 79.9. The van der Waals surface area contributed by atoms with Crippen LogP contribution < -0.4 is 0 Å². The van der Waals surface area contributed by atoms with Crippen LogP contribution in [-0.2, 0) is 14.9 Å². The van der Waals surface area contributed by atoms with E-state index in [0.717, 1.165) is 10.9 Å². The molecule has 0 amide bonds. The average Bonchev–Trinajstić information content (AvgIpc) is 2.30. The number of rotatable bonds is 4. The van der Waals surface area contributed by atoms with Gasteiger partial charge in [-0.3, -0.25) is 0 Å². The highest BCUT2D eigenvalue weighted by molar-refractivity contribution is 9.08. The van der Waals surface area contributed by atoms with Crippen molar-refractivity contribution in [3.8, 4) is 0 Å². The quantitative estimate of drug-likeness (QED) is 0.480. The van der Waals surface area contributed by atoms with Crippen LogP contribution in [0.5, 0.6) is 0 Å². The molecule has 0 N–H and O–H groups in total. The Morgan fingerprint density at radius 2 is 2.00 bits per heavy atom. The number of hydrogen-bond acceptors (Lipinski definition) is 2. The molecule has 0 radical (unpaired) electrons. The number of hydrogen-bond donors (Lipinski definition) is 0. The maximum atomic E-state index is 11.4. The van der Waals surface area contributed by atoms with E-state index in [2.05, 4.69) is 15.9 Å². The molecule has 16 heavy (non-hydrogen) atoms. The fraction of sp³-hybridized carbons (Fsp3) is 0.308. The SMILES string of the molecule is CCOC(=O)/C(C)=C/c1ccc(CBr)cc1. The van der Waals surface area contributed by atoms with Crippen LogP contribution in [0.4, 0.5) is 0 Å². The van der Waals surface area contributed by atoms with Gasteiger partial charge in [0.05, 0.1) is 6.61 Å². The van der Waals surface area contributed by atoms with Crippen molar-refractivity contribution in [3.63, 3.8) is 0 Å². The monoisotopic (exact) mass is 282 g/mol. The van der Waals surface area contributed by atoms with Gasteiger partial charge in [-0.1, -0.05) is 40.2 Å². The lowest BCUT2D eigenvalue weighted by molar-refractivity contribution is -0.138. The highest BCUT2D eigenvalue weighted by Crippen LogP contribution is 2.11. The first kappa shape index (κ1) is 13.0. The fourth-order valence-electron chi connectivity index (χ4n) is 1.26. The summed E-state index contributed by atoms with van der Waals surface area (Å²) < 4.78 is 4.91. The van der Waals surface area contributed by atoms with Crippen molar-refractivity contribution in [2.45, 2.75) is 19.2 Å². The first-order valence-corrected chi connectivity index (χ1v) is 6.30. The summed E-state index contributed by atoms with van der Waals surface area (Å²) in [4.78, 5) is 11.4. The predicted octanol–water partition coefficient (Wildman–Crippen LogP) is 3.55. The van der Waals surface area contributed by atoms with E-state index >= 15 is 0 Å². The molecule has 3 heteroatoms. The highest BCUT2D eigenvalue weighted by Gasteiger charge is 2.03. The van der Waals surface area contributed by atoms with Gasteiger partial charge in [0.15, 0.2) is 0 Å². The van der Waals surface area contributed by atoms with E-state index in [1.807, 2.05) is 30.3 Å². The molecule has 86 valence electrons. The number of carbonyl (C=O) groups excluding carboxylic acids is 1. The molecule has 0 heterocycles. The summed E-state index contributed by atoms with van der Waals surface area (Å²) in [6.45, 7) is 3.97. The third-order valence-corrected chi connectivity index (χ3v) is 2.76. The first-order valence-electron chi connectivity index (χ1n) is 5.17. The van der Waals surface area contributed by atoms with Crippen molar-refractivity contribution in [2.75, 3.05) is 6.61 Å². The standard InChI is InChI=1S/C13H15BrO2/c1-3-16-13(15)10(2)8-11-4-6-12(9-14)7-5-11/h4-8H,3,9H2,1-2H3/b10-8+. The molecule has 0 aliphatic rings. The van der Waals surface area contributed by atoms with E-state index in [1.54, 1.807) is 13.8 Å². The molecule has 1 aromatic rings. The Morgan fingerprint density at radius 1 is 1.38 bits per heavy atom. The molecule has 1 rings (SSSR count). The summed E-state index contributed by atoms with van der Waals surface area (Å²) in [7, 11) is 0. The Labute approximate surface area is 104 Å². The Hall–Kier alpha value is -1.09. The second-order valence-electron chi connectivity index (χ2n) is 3.42. The third-order valence-electron chi connectivity index (χ3n) is 2.11. The number of benzene rings is 1. The molecule has 0 saturated carbocycles. The van der Waals surface area contributed by atoms with Crippen LogP contribution in [0.1, 0.15) is 25.0 Å². The van der Waals surface area contributed by atoms with E-state index in [-0.39, 0.29) is 5.97 Å². The zero-order valence-electron chi connectivity index (χ0n) is 9.50. The second kappa shape index (κ2) is 6.48. The lowest BCUT2D eigenvalue weighted by Gasteiger charge is -2.02. The zero-order valence-corrected chi connectivity index (χ0v) is 11.1. The van der Waals surface area contributed by atoms with Crippen molar-refractivity contribution >= 4 is 28.0 Å². The van der Waals surface area contributed by atoms with Crippen LogP contribution >= 0.6 is 15.9 Å². The van der Waals surface area contributed by atoms with E-state index in [1.165, 1.54) is 5.56 Å². The van der Waals surface area contributed by atoms with Gasteiger partial charge in [-0.15, -0.1) is 0 Å². The smallest absolute Gasteiger partial charge is 0.333 e. The van der Waals surface area contributed by atoms with Gasteiger partial charge >= 0.3 is 5.97 Å². The minimum absolute atomic E-state index is 0.257. The topological polar surface area (TPSA) is 26.3 Å². The molecule has 1 aromatic carbocycles. The molecule has 0 atom stereocenters. The lowest BCUT2D eigenvalue weighted by Crippen LogP contribution is -2.04. The molecular formula is C13H15BrO2. The van der Waals surface area contributed by atoms with Gasteiger partial charge in [0.2, 0.25) is 0 Å². The van der Waals surface area contributed by atoms with Crippen LogP contribution in [-0.4, -0.2) is 12.6 Å². The van der Waals surface area contributed by atoms with Gasteiger partial charge in [-0.05, 0) is 31.1 Å². The summed E-state index contributed by atoms with van der Waals surface area (Å²) in [5, 5.41) is 0.841. The maximum absolute atomic E-state index is 11.4. The van der Waals surface area contributed by atoms with Gasteiger partial charge in [0, 0.05) is 10.9 Å². The largest absolute Gasteiger partial charge is 0.463 e. The first-order chi connectivity index (χ1) is 7.67. The van der Waals surface area contributed by atoms with Gasteiger partial charge in [0.1, 0.15) is 0 Å². The molecule has 0 spiro atoms. The molecule has 0 aliphatic carbocycles. The third kappa shape index (κ3) is 3.81. The Morgan fingerprint density at radius 3 is 2.50 bits per heavy atom. The Kier molecular flexibility index (Phi) is 5.26.